The first kappa shape index (κ1) is 15.9. The Balaban J connectivity index is 2.15. The molecule has 2 aromatic carbocycles. The lowest BCUT2D eigenvalue weighted by atomic mass is 10.1. The minimum atomic E-state index is 0.0465. The molecule has 110 valence electrons. The molecule has 0 radical (unpaired) electrons. The van der Waals surface area contributed by atoms with Crippen molar-refractivity contribution in [3.63, 3.8) is 0 Å². The molecular formula is C15H14Br2N2O2. The van der Waals surface area contributed by atoms with Crippen LogP contribution in [0.1, 0.15) is 11.1 Å². The lowest BCUT2D eigenvalue weighted by molar-refractivity contribution is 0.303. The van der Waals surface area contributed by atoms with Gasteiger partial charge in [0, 0.05) is 5.56 Å². The van der Waals surface area contributed by atoms with Gasteiger partial charge in [-0.3, -0.25) is 5.41 Å². The summed E-state index contributed by atoms with van der Waals surface area (Å²) < 4.78 is 12.6. The van der Waals surface area contributed by atoms with Gasteiger partial charge >= 0.3 is 0 Å². The highest BCUT2D eigenvalue weighted by Gasteiger charge is 2.08. The zero-order valence-electron chi connectivity index (χ0n) is 11.3. The van der Waals surface area contributed by atoms with E-state index in [0.717, 1.165) is 20.3 Å². The minimum absolute atomic E-state index is 0.0465. The van der Waals surface area contributed by atoms with Gasteiger partial charge in [0.05, 0.1) is 16.1 Å². The Bertz CT molecular complexity index is 675. The quantitative estimate of drug-likeness (QED) is 0.573. The van der Waals surface area contributed by atoms with Crippen molar-refractivity contribution in [2.45, 2.75) is 6.61 Å². The fourth-order valence-electron chi connectivity index (χ4n) is 1.77. The topological polar surface area (TPSA) is 68.3 Å². The molecule has 0 saturated carbocycles. The number of halogens is 2. The molecule has 0 aliphatic carbocycles. The first-order chi connectivity index (χ1) is 10.0. The normalized spacial score (nSPS) is 10.2. The molecule has 0 saturated heterocycles. The van der Waals surface area contributed by atoms with Gasteiger partial charge in [-0.1, -0.05) is 18.2 Å². The number of nitrogens with one attached hydrogen (secondary N) is 1. The largest absolute Gasteiger partial charge is 0.496 e. The van der Waals surface area contributed by atoms with Crippen LogP contribution in [-0.4, -0.2) is 12.9 Å². The highest BCUT2D eigenvalue weighted by atomic mass is 79.9. The molecule has 0 aliphatic rings. The Kier molecular flexibility index (Phi) is 5.25. The predicted molar refractivity (Wildman–Crippen MR) is 90.2 cm³/mol. The molecule has 0 spiro atoms. The van der Waals surface area contributed by atoms with Crippen molar-refractivity contribution in [3.05, 3.63) is 56.5 Å². The average molecular weight is 414 g/mol. The number of nitrogens with two attached hydrogens (primary N) is 1. The van der Waals surface area contributed by atoms with Crippen LogP contribution in [0.25, 0.3) is 0 Å². The van der Waals surface area contributed by atoms with Gasteiger partial charge < -0.3 is 15.2 Å². The van der Waals surface area contributed by atoms with Crippen LogP contribution in [0.5, 0.6) is 11.5 Å². The average Bonchev–Trinajstić information content (AvgIpc) is 2.48. The maximum Gasteiger partial charge on any atom is 0.135 e. The van der Waals surface area contributed by atoms with Gasteiger partial charge in [-0.15, -0.1) is 0 Å². The summed E-state index contributed by atoms with van der Waals surface area (Å²) in [4.78, 5) is 0. The lowest BCUT2D eigenvalue weighted by Crippen LogP contribution is -2.11. The number of nitrogen functional groups attached to an aromatic ring is 1. The van der Waals surface area contributed by atoms with Gasteiger partial charge in [0.15, 0.2) is 0 Å². The number of methoxy groups -OCH3 is 1. The molecule has 0 atom stereocenters. The number of benzene rings is 2. The molecule has 0 fully saturated rings. The number of rotatable bonds is 5. The van der Waals surface area contributed by atoms with Crippen LogP contribution in [0.15, 0.2) is 45.3 Å². The van der Waals surface area contributed by atoms with E-state index in [1.54, 1.807) is 13.2 Å². The number of hydrogen-bond acceptors (Lipinski definition) is 3. The summed E-state index contributed by atoms with van der Waals surface area (Å²) in [6, 6.07) is 11.1. The van der Waals surface area contributed by atoms with Crippen molar-refractivity contribution in [2.24, 2.45) is 5.73 Å². The molecule has 0 amide bonds. The Morgan fingerprint density at radius 3 is 2.48 bits per heavy atom. The second-order valence-corrected chi connectivity index (χ2v) is 6.03. The van der Waals surface area contributed by atoms with E-state index in [4.69, 9.17) is 20.6 Å². The Labute approximate surface area is 140 Å². The monoisotopic (exact) mass is 412 g/mol. The first-order valence-corrected chi connectivity index (χ1v) is 7.69. The van der Waals surface area contributed by atoms with Gasteiger partial charge in [-0.2, -0.15) is 0 Å². The van der Waals surface area contributed by atoms with E-state index in [1.807, 2.05) is 30.3 Å². The van der Waals surface area contributed by atoms with Gasteiger partial charge in [0.2, 0.25) is 0 Å². The highest BCUT2D eigenvalue weighted by molar-refractivity contribution is 9.11. The zero-order chi connectivity index (χ0) is 15.4. The Morgan fingerprint density at radius 2 is 1.81 bits per heavy atom. The molecular weight excluding hydrogens is 400 g/mol. The number of ether oxygens (including phenoxy) is 2. The van der Waals surface area contributed by atoms with Crippen molar-refractivity contribution >= 4 is 37.7 Å². The van der Waals surface area contributed by atoms with E-state index >= 15 is 0 Å². The third-order valence-electron chi connectivity index (χ3n) is 2.84. The van der Waals surface area contributed by atoms with E-state index < -0.39 is 0 Å². The second-order valence-electron chi connectivity index (χ2n) is 4.32. The standard InChI is InChI=1S/C15H14Br2N2O2/c1-20-13-6-12(17)14(7-11(13)16)21-8-9-3-2-4-10(5-9)15(18)19/h2-7H,8H2,1H3,(H3,18,19). The molecule has 0 bridgehead atoms. The Hall–Kier alpha value is -1.53. The molecule has 21 heavy (non-hydrogen) atoms. The number of amidine groups is 1. The summed E-state index contributed by atoms with van der Waals surface area (Å²) in [6.07, 6.45) is 0. The smallest absolute Gasteiger partial charge is 0.135 e. The fraction of sp³-hybridized carbons (Fsp3) is 0.133. The molecule has 6 heteroatoms. The van der Waals surface area contributed by atoms with Crippen LogP contribution in [0, 0.1) is 5.41 Å². The van der Waals surface area contributed by atoms with Crippen LogP contribution in [-0.2, 0) is 6.61 Å². The third kappa shape index (κ3) is 3.98. The van der Waals surface area contributed by atoms with Crippen molar-refractivity contribution in [3.8, 4) is 11.5 Å². The summed E-state index contributed by atoms with van der Waals surface area (Å²) in [5, 5.41) is 7.44. The maximum absolute atomic E-state index is 7.44. The van der Waals surface area contributed by atoms with E-state index in [2.05, 4.69) is 31.9 Å². The molecule has 2 rings (SSSR count). The molecule has 3 N–H and O–H groups in total. The third-order valence-corrected chi connectivity index (χ3v) is 4.08. The summed E-state index contributed by atoms with van der Waals surface area (Å²) in [7, 11) is 1.61. The van der Waals surface area contributed by atoms with Crippen LogP contribution < -0.4 is 15.2 Å². The van der Waals surface area contributed by atoms with E-state index in [1.165, 1.54) is 0 Å². The van der Waals surface area contributed by atoms with Gasteiger partial charge in [-0.25, -0.2) is 0 Å². The van der Waals surface area contributed by atoms with Crippen LogP contribution in [0.4, 0.5) is 0 Å². The summed E-state index contributed by atoms with van der Waals surface area (Å²) in [5.74, 6) is 1.48. The van der Waals surface area contributed by atoms with Gasteiger partial charge in [-0.05, 0) is 55.6 Å². The maximum atomic E-state index is 7.44. The Morgan fingerprint density at radius 1 is 1.14 bits per heavy atom. The van der Waals surface area contributed by atoms with Crippen LogP contribution in [0.2, 0.25) is 0 Å². The lowest BCUT2D eigenvalue weighted by Gasteiger charge is -2.11. The zero-order valence-corrected chi connectivity index (χ0v) is 14.5. The van der Waals surface area contributed by atoms with E-state index in [-0.39, 0.29) is 5.84 Å². The van der Waals surface area contributed by atoms with Crippen LogP contribution in [0.3, 0.4) is 0 Å². The molecule has 0 aliphatic heterocycles. The van der Waals surface area contributed by atoms with Gasteiger partial charge in [0.1, 0.15) is 23.9 Å². The van der Waals surface area contributed by atoms with E-state index in [0.29, 0.717) is 17.9 Å². The summed E-state index contributed by atoms with van der Waals surface area (Å²) in [5.41, 5.74) is 7.11. The van der Waals surface area contributed by atoms with Crippen molar-refractivity contribution in [1.82, 2.24) is 0 Å². The summed E-state index contributed by atoms with van der Waals surface area (Å²) >= 11 is 6.88. The molecule has 0 aromatic heterocycles. The SMILES string of the molecule is COc1cc(Br)c(OCc2cccc(C(=N)N)c2)cc1Br. The molecule has 0 heterocycles. The molecule has 2 aromatic rings. The van der Waals surface area contributed by atoms with E-state index in [9.17, 15) is 0 Å². The predicted octanol–water partition coefficient (Wildman–Crippen LogP) is 4.08. The first-order valence-electron chi connectivity index (χ1n) is 6.10. The highest BCUT2D eigenvalue weighted by Crippen LogP contribution is 2.36. The second kappa shape index (κ2) is 6.95. The van der Waals surface area contributed by atoms with Crippen molar-refractivity contribution in [2.75, 3.05) is 7.11 Å². The molecule has 4 nitrogen and oxygen atoms in total. The fourth-order valence-corrected chi connectivity index (χ4v) is 2.69. The van der Waals surface area contributed by atoms with Gasteiger partial charge in [0.25, 0.3) is 0 Å². The molecule has 0 unspecified atom stereocenters. The van der Waals surface area contributed by atoms with Crippen molar-refractivity contribution < 1.29 is 9.47 Å². The summed E-state index contributed by atoms with van der Waals surface area (Å²) in [6.45, 7) is 0.387. The minimum Gasteiger partial charge on any atom is -0.496 e. The van der Waals surface area contributed by atoms with Crippen molar-refractivity contribution in [1.29, 1.82) is 5.41 Å². The number of hydrogen-bond donors (Lipinski definition) is 2. The van der Waals surface area contributed by atoms with Crippen LogP contribution >= 0.6 is 31.9 Å².